The molecule has 1 atom stereocenters. The third-order valence-electron chi connectivity index (χ3n) is 6.17. The zero-order valence-electron chi connectivity index (χ0n) is 17.3. The second kappa shape index (κ2) is 9.72. The van der Waals surface area contributed by atoms with Crippen LogP contribution in [0, 0.1) is 11.8 Å². The number of nitrogens with two attached hydrogens (primary N) is 1. The second-order valence-corrected chi connectivity index (χ2v) is 8.26. The zero-order valence-corrected chi connectivity index (χ0v) is 17.3. The Hall–Kier alpha value is -2.92. The summed E-state index contributed by atoms with van der Waals surface area (Å²) in [6.07, 6.45) is 6.50. The van der Waals surface area contributed by atoms with Gasteiger partial charge in [0.05, 0.1) is 17.9 Å². The fourth-order valence-corrected chi connectivity index (χ4v) is 4.29. The van der Waals surface area contributed by atoms with Crippen LogP contribution in [0.25, 0.3) is 11.4 Å². The number of hydrogen-bond acceptors (Lipinski definition) is 3. The number of H-pyrrole nitrogens is 1. The summed E-state index contributed by atoms with van der Waals surface area (Å²) in [5.41, 5.74) is 8.96. The number of benzene rings is 2. The Bertz CT molecular complexity index is 930. The lowest BCUT2D eigenvalue weighted by Gasteiger charge is -2.28. The van der Waals surface area contributed by atoms with E-state index in [4.69, 9.17) is 5.73 Å². The Labute approximate surface area is 178 Å². The average Bonchev–Trinajstić information content (AvgIpc) is 3.30. The topological polar surface area (TPSA) is 83.8 Å². The predicted octanol–water partition coefficient (Wildman–Crippen LogP) is 4.24. The number of amides is 1. The van der Waals surface area contributed by atoms with Crippen molar-refractivity contribution in [3.63, 3.8) is 0 Å². The number of carbonyl (C=O) groups excluding carboxylic acids is 1. The van der Waals surface area contributed by atoms with Gasteiger partial charge in [-0.3, -0.25) is 4.79 Å². The van der Waals surface area contributed by atoms with Crippen molar-refractivity contribution in [2.24, 2.45) is 17.6 Å². The van der Waals surface area contributed by atoms with Gasteiger partial charge in [-0.1, -0.05) is 60.7 Å². The van der Waals surface area contributed by atoms with E-state index in [9.17, 15) is 4.79 Å². The fourth-order valence-electron chi connectivity index (χ4n) is 4.29. The third-order valence-corrected chi connectivity index (χ3v) is 6.17. The molecule has 0 spiro atoms. The van der Waals surface area contributed by atoms with Gasteiger partial charge < -0.3 is 16.0 Å². The van der Waals surface area contributed by atoms with Gasteiger partial charge in [0.15, 0.2) is 0 Å². The number of aromatic amines is 1. The first kappa shape index (κ1) is 20.4. The molecule has 4 rings (SSSR count). The number of hydrogen-bond donors (Lipinski definition) is 3. The molecule has 1 fully saturated rings. The maximum Gasteiger partial charge on any atom is 0.223 e. The van der Waals surface area contributed by atoms with Gasteiger partial charge in [-0.05, 0) is 50.1 Å². The third kappa shape index (κ3) is 4.97. The van der Waals surface area contributed by atoms with Crippen molar-refractivity contribution in [3.05, 3.63) is 78.1 Å². The van der Waals surface area contributed by atoms with Crippen molar-refractivity contribution in [3.8, 4) is 11.4 Å². The van der Waals surface area contributed by atoms with Gasteiger partial charge in [-0.2, -0.15) is 0 Å². The number of nitrogens with zero attached hydrogens (tertiary/aromatic N) is 1. The minimum atomic E-state index is -0.142. The maximum atomic E-state index is 13.1. The SMILES string of the molecule is NCC1CCC(C(=O)NC(Cc2ccccc2)c2cnc(-c3ccccc3)[nH]2)CC1. The largest absolute Gasteiger partial charge is 0.347 e. The minimum Gasteiger partial charge on any atom is -0.347 e. The molecule has 3 aromatic rings. The molecule has 2 aromatic carbocycles. The van der Waals surface area contributed by atoms with Gasteiger partial charge in [0, 0.05) is 11.5 Å². The van der Waals surface area contributed by atoms with E-state index in [1.807, 2.05) is 54.7 Å². The molecule has 5 nitrogen and oxygen atoms in total. The highest BCUT2D eigenvalue weighted by Crippen LogP contribution is 2.29. The molecule has 1 unspecified atom stereocenters. The number of imidazole rings is 1. The van der Waals surface area contributed by atoms with Crippen molar-refractivity contribution in [2.75, 3.05) is 6.54 Å². The highest BCUT2D eigenvalue weighted by atomic mass is 16.1. The minimum absolute atomic E-state index is 0.0718. The average molecular weight is 403 g/mol. The van der Waals surface area contributed by atoms with Gasteiger partial charge in [0.1, 0.15) is 5.82 Å². The van der Waals surface area contributed by atoms with Crippen LogP contribution in [-0.2, 0) is 11.2 Å². The number of nitrogens with one attached hydrogen (secondary N) is 2. The molecular formula is C25H30N4O. The van der Waals surface area contributed by atoms with Crippen molar-refractivity contribution in [1.82, 2.24) is 15.3 Å². The fraction of sp³-hybridized carbons (Fsp3) is 0.360. The van der Waals surface area contributed by atoms with E-state index in [0.29, 0.717) is 5.92 Å². The zero-order chi connectivity index (χ0) is 20.8. The van der Waals surface area contributed by atoms with Gasteiger partial charge in [-0.25, -0.2) is 4.98 Å². The molecule has 1 aliphatic rings. The van der Waals surface area contributed by atoms with Crippen molar-refractivity contribution in [2.45, 2.75) is 38.1 Å². The van der Waals surface area contributed by atoms with Crippen molar-refractivity contribution < 1.29 is 4.79 Å². The summed E-state index contributed by atoms with van der Waals surface area (Å²) in [5, 5.41) is 3.31. The molecule has 1 amide bonds. The molecule has 0 saturated heterocycles. The number of aromatic nitrogens is 2. The van der Waals surface area contributed by atoms with E-state index >= 15 is 0 Å². The molecular weight excluding hydrogens is 372 g/mol. The first-order valence-corrected chi connectivity index (χ1v) is 10.9. The Kier molecular flexibility index (Phi) is 6.60. The van der Waals surface area contributed by atoms with E-state index in [0.717, 1.165) is 55.7 Å². The summed E-state index contributed by atoms with van der Waals surface area (Å²) in [6.45, 7) is 0.724. The summed E-state index contributed by atoms with van der Waals surface area (Å²) in [5.74, 6) is 1.60. The summed E-state index contributed by atoms with van der Waals surface area (Å²) in [4.78, 5) is 21.1. The molecule has 1 aliphatic carbocycles. The molecule has 0 radical (unpaired) electrons. The standard InChI is InChI=1S/C25H30N4O/c26-16-19-11-13-21(14-12-19)25(30)29-22(15-18-7-3-1-4-8-18)23-17-27-24(28-23)20-9-5-2-6-10-20/h1-10,17,19,21-22H,11-16,26H2,(H,27,28)(H,29,30). The van der Waals surface area contributed by atoms with Crippen LogP contribution in [0.2, 0.25) is 0 Å². The lowest BCUT2D eigenvalue weighted by Crippen LogP contribution is -2.37. The highest BCUT2D eigenvalue weighted by Gasteiger charge is 2.28. The Balaban J connectivity index is 1.51. The van der Waals surface area contributed by atoms with Gasteiger partial charge >= 0.3 is 0 Å². The molecule has 1 saturated carbocycles. The van der Waals surface area contributed by atoms with Crippen LogP contribution in [0.3, 0.4) is 0 Å². The van der Waals surface area contributed by atoms with Gasteiger partial charge in [0.25, 0.3) is 0 Å². The lowest BCUT2D eigenvalue weighted by molar-refractivity contribution is -0.127. The van der Waals surface area contributed by atoms with E-state index < -0.39 is 0 Å². The maximum absolute atomic E-state index is 13.1. The smallest absolute Gasteiger partial charge is 0.223 e. The predicted molar refractivity (Wildman–Crippen MR) is 120 cm³/mol. The van der Waals surface area contributed by atoms with Crippen LogP contribution in [0.1, 0.15) is 43.0 Å². The van der Waals surface area contributed by atoms with Crippen LogP contribution in [0.5, 0.6) is 0 Å². The summed E-state index contributed by atoms with van der Waals surface area (Å²) in [6, 6.07) is 20.2. The first-order chi connectivity index (χ1) is 14.7. The lowest BCUT2D eigenvalue weighted by atomic mass is 9.81. The number of carbonyl (C=O) groups is 1. The summed E-state index contributed by atoms with van der Waals surface area (Å²) in [7, 11) is 0. The number of rotatable bonds is 7. The Morgan fingerprint density at radius 3 is 2.37 bits per heavy atom. The van der Waals surface area contributed by atoms with Crippen LogP contribution in [-0.4, -0.2) is 22.4 Å². The quantitative estimate of drug-likeness (QED) is 0.553. The van der Waals surface area contributed by atoms with Crippen molar-refractivity contribution in [1.29, 1.82) is 0 Å². The Morgan fingerprint density at radius 1 is 1.03 bits per heavy atom. The van der Waals surface area contributed by atoms with Gasteiger partial charge in [0.2, 0.25) is 5.91 Å². The van der Waals surface area contributed by atoms with E-state index in [1.54, 1.807) is 0 Å². The Morgan fingerprint density at radius 2 is 1.70 bits per heavy atom. The molecule has 1 heterocycles. The van der Waals surface area contributed by atoms with Crippen LogP contribution < -0.4 is 11.1 Å². The van der Waals surface area contributed by atoms with E-state index in [2.05, 4.69) is 27.4 Å². The first-order valence-electron chi connectivity index (χ1n) is 10.9. The van der Waals surface area contributed by atoms with Gasteiger partial charge in [-0.15, -0.1) is 0 Å². The van der Waals surface area contributed by atoms with Crippen LogP contribution in [0.15, 0.2) is 66.9 Å². The normalized spacial score (nSPS) is 19.9. The van der Waals surface area contributed by atoms with Crippen LogP contribution >= 0.6 is 0 Å². The molecule has 4 N–H and O–H groups in total. The van der Waals surface area contributed by atoms with Crippen molar-refractivity contribution >= 4 is 5.91 Å². The molecule has 5 heteroatoms. The molecule has 156 valence electrons. The van der Waals surface area contributed by atoms with Crippen LogP contribution in [0.4, 0.5) is 0 Å². The molecule has 0 bridgehead atoms. The highest BCUT2D eigenvalue weighted by molar-refractivity contribution is 5.79. The van der Waals surface area contributed by atoms with E-state index in [1.165, 1.54) is 5.56 Å². The second-order valence-electron chi connectivity index (χ2n) is 8.26. The summed E-state index contributed by atoms with van der Waals surface area (Å²) < 4.78 is 0. The molecule has 0 aliphatic heterocycles. The molecule has 30 heavy (non-hydrogen) atoms. The summed E-state index contributed by atoms with van der Waals surface area (Å²) >= 11 is 0. The van der Waals surface area contributed by atoms with E-state index in [-0.39, 0.29) is 17.9 Å². The monoisotopic (exact) mass is 402 g/mol. The molecule has 1 aromatic heterocycles.